The molecule has 5 nitrogen and oxygen atoms in total. The molecule has 0 bridgehead atoms. The van der Waals surface area contributed by atoms with Gasteiger partial charge in [0.1, 0.15) is 0 Å². The van der Waals surface area contributed by atoms with Crippen LogP contribution in [0.3, 0.4) is 0 Å². The number of hydrogen-bond acceptors (Lipinski definition) is 5. The quantitative estimate of drug-likeness (QED) is 0.272. The third-order valence-electron chi connectivity index (χ3n) is 5.08. The molecule has 31 heavy (non-hydrogen) atoms. The topological polar surface area (TPSA) is 59.8 Å². The number of nitrogens with one attached hydrogen (secondary N) is 1. The van der Waals surface area contributed by atoms with Crippen molar-refractivity contribution in [2.24, 2.45) is 0 Å². The normalized spacial score (nSPS) is 13.3. The van der Waals surface area contributed by atoms with E-state index >= 15 is 0 Å². The Balaban J connectivity index is 1.50. The molecule has 0 radical (unpaired) electrons. The van der Waals surface area contributed by atoms with Crippen LogP contribution in [0.25, 0.3) is 11.4 Å². The van der Waals surface area contributed by atoms with E-state index in [2.05, 4.69) is 32.4 Å². The summed E-state index contributed by atoms with van der Waals surface area (Å²) in [4.78, 5) is 14.0. The molecule has 1 N–H and O–H groups in total. The Hall–Kier alpha value is -1.25. The van der Waals surface area contributed by atoms with Crippen LogP contribution in [0.4, 0.5) is 5.69 Å². The van der Waals surface area contributed by atoms with Crippen LogP contribution in [-0.4, -0.2) is 26.4 Å². The maximum Gasteiger partial charge on any atom is 0.234 e. The molecule has 0 atom stereocenters. The van der Waals surface area contributed by atoms with Gasteiger partial charge in [-0.25, -0.2) is 0 Å². The fourth-order valence-corrected chi connectivity index (χ4v) is 6.12. The average molecular weight is 516 g/mol. The predicted molar refractivity (Wildman–Crippen MR) is 131 cm³/mol. The Morgan fingerprint density at radius 2 is 1.94 bits per heavy atom. The van der Waals surface area contributed by atoms with Crippen molar-refractivity contribution in [1.29, 1.82) is 0 Å². The number of carbonyl (C=O) groups excluding carboxylic acids is 1. The lowest BCUT2D eigenvalue weighted by atomic mass is 9.95. The zero-order chi connectivity index (χ0) is 22.0. The van der Waals surface area contributed by atoms with Gasteiger partial charge < -0.3 is 9.88 Å². The van der Waals surface area contributed by atoms with Crippen LogP contribution in [0.15, 0.2) is 22.7 Å². The molecule has 0 unspecified atom stereocenters. The molecule has 10 heteroatoms. The summed E-state index contributed by atoms with van der Waals surface area (Å²) < 4.78 is 2.13. The van der Waals surface area contributed by atoms with Gasteiger partial charge in [0, 0.05) is 22.4 Å². The van der Waals surface area contributed by atoms with Crippen LogP contribution >= 0.6 is 57.9 Å². The second kappa shape index (κ2) is 10.1. The standard InChI is InChI=1S/C21H21Cl3N4OS2/c1-2-7-28-20(13-10-30-18-6-4-3-5-12(13)18)26-27-21(28)31-11-19(29)25-17-9-15(23)14(22)8-16(17)24/h8-10H,2-7,11H2,1H3,(H,25,29). The summed E-state index contributed by atoms with van der Waals surface area (Å²) in [7, 11) is 0. The van der Waals surface area contributed by atoms with Crippen LogP contribution in [0.2, 0.25) is 15.1 Å². The van der Waals surface area contributed by atoms with E-state index < -0.39 is 0 Å². The SMILES string of the molecule is CCCn1c(SCC(=O)Nc2cc(Cl)c(Cl)cc2Cl)nnc1-c1csc2c1CCCC2. The van der Waals surface area contributed by atoms with Crippen LogP contribution in [0.1, 0.15) is 36.6 Å². The summed E-state index contributed by atoms with van der Waals surface area (Å²) in [5.41, 5.74) is 3.05. The molecule has 2 aromatic heterocycles. The van der Waals surface area contributed by atoms with Gasteiger partial charge in [-0.2, -0.15) is 0 Å². The Morgan fingerprint density at radius 3 is 2.74 bits per heavy atom. The molecule has 1 amide bonds. The number of thioether (sulfide) groups is 1. The molecule has 2 heterocycles. The number of rotatable bonds is 7. The number of aromatic nitrogens is 3. The molecule has 0 saturated heterocycles. The van der Waals surface area contributed by atoms with Gasteiger partial charge in [-0.3, -0.25) is 4.79 Å². The highest BCUT2D eigenvalue weighted by Gasteiger charge is 2.22. The van der Waals surface area contributed by atoms with E-state index in [4.69, 9.17) is 34.8 Å². The lowest BCUT2D eigenvalue weighted by molar-refractivity contribution is -0.113. The predicted octanol–water partition coefficient (Wildman–Crippen LogP) is 6.99. The molecule has 3 aromatic rings. The number of anilines is 1. The van der Waals surface area contributed by atoms with Crippen LogP contribution < -0.4 is 5.32 Å². The molecule has 0 saturated carbocycles. The minimum Gasteiger partial charge on any atom is -0.324 e. The fraction of sp³-hybridized carbons (Fsp3) is 0.381. The van der Waals surface area contributed by atoms with E-state index in [0.717, 1.165) is 36.8 Å². The van der Waals surface area contributed by atoms with E-state index in [9.17, 15) is 4.79 Å². The molecule has 0 fully saturated rings. The third kappa shape index (κ3) is 5.06. The number of amides is 1. The Bertz CT molecular complexity index is 1110. The Morgan fingerprint density at radius 1 is 1.16 bits per heavy atom. The minimum atomic E-state index is -0.203. The average Bonchev–Trinajstić information content (AvgIpc) is 3.34. The van der Waals surface area contributed by atoms with Gasteiger partial charge in [-0.05, 0) is 49.8 Å². The lowest BCUT2D eigenvalue weighted by Gasteiger charge is -2.14. The van der Waals surface area contributed by atoms with Gasteiger partial charge in [0.2, 0.25) is 5.91 Å². The summed E-state index contributed by atoms with van der Waals surface area (Å²) in [6, 6.07) is 3.06. The largest absolute Gasteiger partial charge is 0.324 e. The minimum absolute atomic E-state index is 0.181. The van der Waals surface area contributed by atoms with Gasteiger partial charge in [0.15, 0.2) is 11.0 Å². The molecular weight excluding hydrogens is 495 g/mol. The molecule has 0 spiro atoms. The van der Waals surface area contributed by atoms with Crippen molar-refractivity contribution >= 4 is 69.5 Å². The van der Waals surface area contributed by atoms with Crippen molar-refractivity contribution in [3.05, 3.63) is 43.0 Å². The van der Waals surface area contributed by atoms with E-state index in [1.807, 2.05) is 11.3 Å². The number of benzene rings is 1. The first kappa shape index (κ1) is 22.9. The first-order valence-electron chi connectivity index (χ1n) is 10.1. The molecule has 1 aliphatic carbocycles. The third-order valence-corrected chi connectivity index (χ3v) is 8.17. The number of carbonyl (C=O) groups is 1. The van der Waals surface area contributed by atoms with Crippen molar-refractivity contribution in [1.82, 2.24) is 14.8 Å². The second-order valence-corrected chi connectivity index (χ2v) is 10.4. The van der Waals surface area contributed by atoms with Gasteiger partial charge in [-0.1, -0.05) is 53.5 Å². The van der Waals surface area contributed by atoms with Crippen LogP contribution in [0, 0.1) is 0 Å². The van der Waals surface area contributed by atoms with E-state index in [-0.39, 0.29) is 11.7 Å². The summed E-state index contributed by atoms with van der Waals surface area (Å²) in [6.07, 6.45) is 5.69. The van der Waals surface area contributed by atoms with Gasteiger partial charge in [0.25, 0.3) is 0 Å². The summed E-state index contributed by atoms with van der Waals surface area (Å²) in [5, 5.41) is 15.6. The van der Waals surface area contributed by atoms with E-state index in [0.29, 0.717) is 20.8 Å². The van der Waals surface area contributed by atoms with Gasteiger partial charge >= 0.3 is 0 Å². The van der Waals surface area contributed by atoms with Crippen molar-refractivity contribution in [2.45, 2.75) is 50.7 Å². The van der Waals surface area contributed by atoms with Crippen molar-refractivity contribution in [3.63, 3.8) is 0 Å². The summed E-state index contributed by atoms with van der Waals surface area (Å²) in [6.45, 7) is 2.93. The zero-order valence-electron chi connectivity index (χ0n) is 16.9. The number of nitrogens with zero attached hydrogens (tertiary/aromatic N) is 3. The second-order valence-electron chi connectivity index (χ2n) is 7.30. The fourth-order valence-electron chi connectivity index (χ4n) is 3.64. The summed E-state index contributed by atoms with van der Waals surface area (Å²) in [5.74, 6) is 0.877. The monoisotopic (exact) mass is 514 g/mol. The highest BCUT2D eigenvalue weighted by atomic mass is 35.5. The van der Waals surface area contributed by atoms with Crippen molar-refractivity contribution in [3.8, 4) is 11.4 Å². The van der Waals surface area contributed by atoms with Gasteiger partial charge in [-0.15, -0.1) is 21.5 Å². The maximum atomic E-state index is 12.5. The highest BCUT2D eigenvalue weighted by Crippen LogP contribution is 2.37. The number of aryl methyl sites for hydroxylation is 1. The van der Waals surface area contributed by atoms with Crippen LogP contribution in [-0.2, 0) is 24.2 Å². The Labute approximate surface area is 204 Å². The molecular formula is C21H21Cl3N4OS2. The number of hydrogen-bond donors (Lipinski definition) is 1. The van der Waals surface area contributed by atoms with Gasteiger partial charge in [0.05, 0.1) is 26.5 Å². The number of thiophene rings is 1. The van der Waals surface area contributed by atoms with Crippen LogP contribution in [0.5, 0.6) is 0 Å². The maximum absolute atomic E-state index is 12.5. The first-order chi connectivity index (χ1) is 15.0. The smallest absolute Gasteiger partial charge is 0.234 e. The van der Waals surface area contributed by atoms with Crippen molar-refractivity contribution < 1.29 is 4.79 Å². The molecule has 164 valence electrons. The van der Waals surface area contributed by atoms with E-state index in [1.165, 1.54) is 46.7 Å². The molecule has 1 aliphatic rings. The molecule has 4 rings (SSSR count). The molecule has 1 aromatic carbocycles. The van der Waals surface area contributed by atoms with Crippen molar-refractivity contribution in [2.75, 3.05) is 11.1 Å². The highest BCUT2D eigenvalue weighted by molar-refractivity contribution is 7.99. The lowest BCUT2D eigenvalue weighted by Crippen LogP contribution is -2.15. The summed E-state index contributed by atoms with van der Waals surface area (Å²) >= 11 is 21.3. The Kier molecular flexibility index (Phi) is 7.49. The number of fused-ring (bicyclic) bond motifs is 1. The first-order valence-corrected chi connectivity index (χ1v) is 13.1. The molecule has 0 aliphatic heterocycles. The number of halogens is 3. The van der Waals surface area contributed by atoms with E-state index in [1.54, 1.807) is 6.07 Å². The zero-order valence-corrected chi connectivity index (χ0v) is 20.8.